The molecule has 1 saturated heterocycles. The molecular formula is C11H23N3O2. The summed E-state index contributed by atoms with van der Waals surface area (Å²) in [5, 5.41) is 2.89. The lowest BCUT2D eigenvalue weighted by molar-refractivity contribution is -0.131. The Morgan fingerprint density at radius 1 is 1.50 bits per heavy atom. The third kappa shape index (κ3) is 4.47. The second-order valence-corrected chi connectivity index (χ2v) is 4.51. The first-order valence-corrected chi connectivity index (χ1v) is 5.91. The van der Waals surface area contributed by atoms with Crippen molar-refractivity contribution in [3.05, 3.63) is 0 Å². The molecule has 1 rings (SSSR count). The molecule has 0 aromatic rings. The van der Waals surface area contributed by atoms with Crippen molar-refractivity contribution in [2.75, 3.05) is 33.7 Å². The topological polar surface area (TPSA) is 67.6 Å². The van der Waals surface area contributed by atoms with Crippen LogP contribution in [0.5, 0.6) is 0 Å². The smallest absolute Gasteiger partial charge is 0.249 e. The zero-order valence-electron chi connectivity index (χ0n) is 10.2. The van der Waals surface area contributed by atoms with E-state index in [-0.39, 0.29) is 18.1 Å². The van der Waals surface area contributed by atoms with Gasteiger partial charge in [0.2, 0.25) is 5.91 Å². The Kier molecular flexibility index (Phi) is 5.73. The maximum Gasteiger partial charge on any atom is 0.249 e. The highest BCUT2D eigenvalue weighted by Gasteiger charge is 2.29. The van der Waals surface area contributed by atoms with E-state index in [4.69, 9.17) is 10.5 Å². The monoisotopic (exact) mass is 229 g/mol. The van der Waals surface area contributed by atoms with Gasteiger partial charge in [-0.2, -0.15) is 0 Å². The summed E-state index contributed by atoms with van der Waals surface area (Å²) in [5.74, 6) is 0.00899. The van der Waals surface area contributed by atoms with E-state index in [1.54, 1.807) is 0 Å². The summed E-state index contributed by atoms with van der Waals surface area (Å²) >= 11 is 0. The largest absolute Gasteiger partial charge is 0.364 e. The average Bonchev–Trinajstić information content (AvgIpc) is 2.72. The number of ether oxygens (including phenoxy) is 1. The van der Waals surface area contributed by atoms with Crippen molar-refractivity contribution in [3.63, 3.8) is 0 Å². The number of hydrogen-bond acceptors (Lipinski definition) is 4. The fourth-order valence-corrected chi connectivity index (χ4v) is 1.79. The highest BCUT2D eigenvalue weighted by Crippen LogP contribution is 2.18. The molecule has 1 amide bonds. The minimum atomic E-state index is -0.284. The first kappa shape index (κ1) is 13.4. The van der Waals surface area contributed by atoms with E-state index in [9.17, 15) is 4.79 Å². The summed E-state index contributed by atoms with van der Waals surface area (Å²) < 4.78 is 5.50. The average molecular weight is 229 g/mol. The minimum absolute atomic E-state index is 0.00899. The lowest BCUT2D eigenvalue weighted by Crippen LogP contribution is -2.36. The number of nitrogens with one attached hydrogen (secondary N) is 1. The number of rotatable bonds is 6. The van der Waals surface area contributed by atoms with Crippen LogP contribution in [0.25, 0.3) is 0 Å². The Bertz CT molecular complexity index is 221. The van der Waals surface area contributed by atoms with Crippen LogP contribution in [0.4, 0.5) is 0 Å². The van der Waals surface area contributed by atoms with Crippen molar-refractivity contribution in [1.82, 2.24) is 10.2 Å². The molecular weight excluding hydrogens is 206 g/mol. The molecule has 0 unspecified atom stereocenters. The predicted molar refractivity (Wildman–Crippen MR) is 63.1 cm³/mol. The van der Waals surface area contributed by atoms with Gasteiger partial charge in [-0.1, -0.05) is 0 Å². The fraction of sp³-hybridized carbons (Fsp3) is 0.909. The van der Waals surface area contributed by atoms with E-state index in [0.29, 0.717) is 13.1 Å². The molecule has 1 aliphatic heterocycles. The zero-order valence-corrected chi connectivity index (χ0v) is 10.2. The molecule has 2 atom stereocenters. The maximum atomic E-state index is 11.7. The van der Waals surface area contributed by atoms with Crippen molar-refractivity contribution >= 4 is 5.91 Å². The van der Waals surface area contributed by atoms with Crippen LogP contribution in [-0.4, -0.2) is 56.7 Å². The summed E-state index contributed by atoms with van der Waals surface area (Å²) in [4.78, 5) is 13.8. The Morgan fingerprint density at radius 3 is 2.81 bits per heavy atom. The summed E-state index contributed by atoms with van der Waals surface area (Å²) in [5.41, 5.74) is 5.49. The molecule has 0 aliphatic carbocycles. The van der Waals surface area contributed by atoms with Gasteiger partial charge in [-0.15, -0.1) is 0 Å². The van der Waals surface area contributed by atoms with E-state index in [0.717, 1.165) is 25.8 Å². The number of amides is 1. The SMILES string of the molecule is CN(C)CCCNC(=O)[C@@H]1CC[C@H](CN)O1. The molecule has 94 valence electrons. The van der Waals surface area contributed by atoms with Crippen LogP contribution in [0.2, 0.25) is 0 Å². The fourth-order valence-electron chi connectivity index (χ4n) is 1.79. The van der Waals surface area contributed by atoms with Crippen LogP contribution in [0.15, 0.2) is 0 Å². The number of nitrogens with zero attached hydrogens (tertiary/aromatic N) is 1. The summed E-state index contributed by atoms with van der Waals surface area (Å²) in [6.07, 6.45) is 2.44. The summed E-state index contributed by atoms with van der Waals surface area (Å²) in [7, 11) is 4.04. The van der Waals surface area contributed by atoms with Crippen LogP contribution in [0.1, 0.15) is 19.3 Å². The van der Waals surface area contributed by atoms with Gasteiger partial charge >= 0.3 is 0 Å². The highest BCUT2D eigenvalue weighted by molar-refractivity contribution is 5.80. The van der Waals surface area contributed by atoms with E-state index < -0.39 is 0 Å². The molecule has 0 spiro atoms. The molecule has 1 fully saturated rings. The molecule has 1 heterocycles. The third-order valence-corrected chi connectivity index (χ3v) is 2.74. The van der Waals surface area contributed by atoms with E-state index in [1.807, 2.05) is 14.1 Å². The van der Waals surface area contributed by atoms with Gasteiger partial charge in [0.15, 0.2) is 0 Å². The molecule has 0 saturated carbocycles. The van der Waals surface area contributed by atoms with Gasteiger partial charge in [0.05, 0.1) is 6.10 Å². The number of carbonyl (C=O) groups excluding carboxylic acids is 1. The van der Waals surface area contributed by atoms with Crippen LogP contribution in [-0.2, 0) is 9.53 Å². The molecule has 1 aliphatic rings. The van der Waals surface area contributed by atoms with Crippen LogP contribution >= 0.6 is 0 Å². The number of hydrogen-bond donors (Lipinski definition) is 2. The minimum Gasteiger partial charge on any atom is -0.364 e. The van der Waals surface area contributed by atoms with Gasteiger partial charge in [0.25, 0.3) is 0 Å². The van der Waals surface area contributed by atoms with E-state index in [2.05, 4.69) is 10.2 Å². The van der Waals surface area contributed by atoms with Crippen LogP contribution < -0.4 is 11.1 Å². The first-order chi connectivity index (χ1) is 7.63. The molecule has 0 aromatic carbocycles. The van der Waals surface area contributed by atoms with Crippen molar-refractivity contribution in [2.24, 2.45) is 5.73 Å². The van der Waals surface area contributed by atoms with Gasteiger partial charge in [-0.3, -0.25) is 4.79 Å². The predicted octanol–water partition coefficient (Wildman–Crippen LogP) is -0.439. The Labute approximate surface area is 97.3 Å². The normalized spacial score (nSPS) is 25.0. The molecule has 0 radical (unpaired) electrons. The quantitative estimate of drug-likeness (QED) is 0.606. The lowest BCUT2D eigenvalue weighted by Gasteiger charge is -2.13. The lowest BCUT2D eigenvalue weighted by atomic mass is 10.2. The standard InChI is InChI=1S/C11H23N3O2/c1-14(2)7-3-6-13-11(15)10-5-4-9(8-12)16-10/h9-10H,3-8,12H2,1-2H3,(H,13,15)/t9-,10+/m1/s1. The molecule has 5 nitrogen and oxygen atoms in total. The molecule has 16 heavy (non-hydrogen) atoms. The first-order valence-electron chi connectivity index (χ1n) is 5.91. The zero-order chi connectivity index (χ0) is 12.0. The summed E-state index contributed by atoms with van der Waals surface area (Å²) in [6.45, 7) is 2.20. The van der Waals surface area contributed by atoms with Crippen molar-refractivity contribution in [3.8, 4) is 0 Å². The van der Waals surface area contributed by atoms with Crippen molar-refractivity contribution < 1.29 is 9.53 Å². The molecule has 0 bridgehead atoms. The van der Waals surface area contributed by atoms with Crippen LogP contribution in [0, 0.1) is 0 Å². The van der Waals surface area contributed by atoms with Crippen LogP contribution in [0.3, 0.4) is 0 Å². The highest BCUT2D eigenvalue weighted by atomic mass is 16.5. The van der Waals surface area contributed by atoms with Gasteiger partial charge in [-0.05, 0) is 39.9 Å². The second kappa shape index (κ2) is 6.83. The van der Waals surface area contributed by atoms with E-state index >= 15 is 0 Å². The molecule has 3 N–H and O–H groups in total. The van der Waals surface area contributed by atoms with Gasteiger partial charge in [-0.25, -0.2) is 0 Å². The Balaban J connectivity index is 2.11. The Hall–Kier alpha value is -0.650. The van der Waals surface area contributed by atoms with Crippen molar-refractivity contribution in [2.45, 2.75) is 31.5 Å². The second-order valence-electron chi connectivity index (χ2n) is 4.51. The van der Waals surface area contributed by atoms with Gasteiger partial charge in [0.1, 0.15) is 6.10 Å². The number of nitrogens with two attached hydrogens (primary N) is 1. The summed E-state index contributed by atoms with van der Waals surface area (Å²) in [6, 6.07) is 0. The molecule has 5 heteroatoms. The Morgan fingerprint density at radius 2 is 2.25 bits per heavy atom. The van der Waals surface area contributed by atoms with Gasteiger partial charge in [0, 0.05) is 13.1 Å². The number of carbonyl (C=O) groups is 1. The third-order valence-electron chi connectivity index (χ3n) is 2.74. The van der Waals surface area contributed by atoms with E-state index in [1.165, 1.54) is 0 Å². The van der Waals surface area contributed by atoms with Gasteiger partial charge < -0.3 is 20.7 Å². The van der Waals surface area contributed by atoms with Crippen molar-refractivity contribution in [1.29, 1.82) is 0 Å². The maximum absolute atomic E-state index is 11.7. The molecule has 0 aromatic heterocycles.